The lowest BCUT2D eigenvalue weighted by atomic mass is 10.6. The molecule has 0 atom stereocenters. The summed E-state index contributed by atoms with van der Waals surface area (Å²) in [5, 5.41) is 6.80. The van der Waals surface area contributed by atoms with Crippen molar-refractivity contribution >= 4 is 11.8 Å². The maximum absolute atomic E-state index is 10.5. The van der Waals surface area contributed by atoms with Crippen LogP contribution < -0.4 is 5.56 Å². The Morgan fingerprint density at radius 1 is 1.73 bits per heavy atom. The van der Waals surface area contributed by atoms with Gasteiger partial charge in [0.1, 0.15) is 5.03 Å². The molecule has 0 aliphatic carbocycles. The second kappa shape index (κ2) is 3.84. The standard InChI is InChI=1S/C7H6N2OS/c1-2-5-11-7-4-3-6(10)8-9-7/h1,3-4H,5H2,(H,8,10). The summed E-state index contributed by atoms with van der Waals surface area (Å²) < 4.78 is 0. The van der Waals surface area contributed by atoms with E-state index in [9.17, 15) is 4.79 Å². The number of H-pyrrole nitrogens is 1. The van der Waals surface area contributed by atoms with Crippen molar-refractivity contribution in [3.8, 4) is 12.3 Å². The minimum Gasteiger partial charge on any atom is -0.268 e. The predicted molar refractivity (Wildman–Crippen MR) is 44.4 cm³/mol. The van der Waals surface area contributed by atoms with Gasteiger partial charge in [-0.05, 0) is 6.07 Å². The smallest absolute Gasteiger partial charge is 0.264 e. The molecule has 1 aromatic rings. The van der Waals surface area contributed by atoms with Crippen molar-refractivity contribution in [2.45, 2.75) is 5.03 Å². The van der Waals surface area contributed by atoms with Gasteiger partial charge in [0, 0.05) is 6.07 Å². The second-order valence-corrected chi connectivity index (χ2v) is 2.75. The lowest BCUT2D eigenvalue weighted by Gasteiger charge is -1.91. The third kappa shape index (κ3) is 2.48. The molecule has 0 radical (unpaired) electrons. The average Bonchev–Trinajstić information content (AvgIpc) is 2.04. The first-order valence-electron chi connectivity index (χ1n) is 2.95. The van der Waals surface area contributed by atoms with Crippen molar-refractivity contribution in [3.05, 3.63) is 22.5 Å². The molecule has 0 spiro atoms. The zero-order valence-electron chi connectivity index (χ0n) is 5.70. The van der Waals surface area contributed by atoms with Gasteiger partial charge in [0.2, 0.25) is 0 Å². The SMILES string of the molecule is C#CCSc1ccc(=O)[nH]n1. The molecule has 1 N–H and O–H groups in total. The number of terminal acetylenes is 1. The number of rotatable bonds is 2. The van der Waals surface area contributed by atoms with Crippen LogP contribution in [-0.4, -0.2) is 16.0 Å². The summed E-state index contributed by atoms with van der Waals surface area (Å²) in [6.07, 6.45) is 5.04. The van der Waals surface area contributed by atoms with Gasteiger partial charge in [-0.2, -0.15) is 5.10 Å². The van der Waals surface area contributed by atoms with Gasteiger partial charge in [0.15, 0.2) is 0 Å². The second-order valence-electron chi connectivity index (χ2n) is 1.75. The zero-order valence-corrected chi connectivity index (χ0v) is 6.52. The van der Waals surface area contributed by atoms with E-state index in [-0.39, 0.29) is 5.56 Å². The third-order valence-electron chi connectivity index (χ3n) is 0.957. The molecule has 0 aliphatic rings. The van der Waals surface area contributed by atoms with Crippen LogP contribution in [0.15, 0.2) is 22.0 Å². The topological polar surface area (TPSA) is 45.8 Å². The number of aromatic nitrogens is 2. The summed E-state index contributed by atoms with van der Waals surface area (Å²) in [4.78, 5) is 10.5. The molecule has 1 aromatic heterocycles. The monoisotopic (exact) mass is 166 g/mol. The Bertz CT molecular complexity index is 305. The fraction of sp³-hybridized carbons (Fsp3) is 0.143. The Morgan fingerprint density at radius 3 is 3.09 bits per heavy atom. The van der Waals surface area contributed by atoms with Gasteiger partial charge < -0.3 is 0 Å². The molecule has 3 nitrogen and oxygen atoms in total. The Morgan fingerprint density at radius 2 is 2.55 bits per heavy atom. The highest BCUT2D eigenvalue weighted by Gasteiger charge is 1.91. The molecule has 0 aliphatic heterocycles. The first-order valence-corrected chi connectivity index (χ1v) is 3.93. The van der Waals surface area contributed by atoms with Gasteiger partial charge in [-0.1, -0.05) is 17.7 Å². The minimum absolute atomic E-state index is 0.199. The van der Waals surface area contributed by atoms with E-state index in [4.69, 9.17) is 6.42 Å². The Balaban J connectivity index is 2.68. The highest BCUT2D eigenvalue weighted by molar-refractivity contribution is 7.99. The van der Waals surface area contributed by atoms with Crippen molar-refractivity contribution in [3.63, 3.8) is 0 Å². The average molecular weight is 166 g/mol. The fourth-order valence-corrected chi connectivity index (χ4v) is 1.03. The van der Waals surface area contributed by atoms with Crippen LogP contribution in [0.25, 0.3) is 0 Å². The fourth-order valence-electron chi connectivity index (χ4n) is 0.528. The number of hydrogen-bond donors (Lipinski definition) is 1. The molecule has 0 bridgehead atoms. The summed E-state index contributed by atoms with van der Waals surface area (Å²) in [7, 11) is 0. The van der Waals surface area contributed by atoms with Gasteiger partial charge in [-0.25, -0.2) is 5.10 Å². The molecule has 11 heavy (non-hydrogen) atoms. The summed E-state index contributed by atoms with van der Waals surface area (Å²) in [6.45, 7) is 0. The van der Waals surface area contributed by atoms with Crippen LogP contribution >= 0.6 is 11.8 Å². The van der Waals surface area contributed by atoms with Crippen LogP contribution in [0.4, 0.5) is 0 Å². The zero-order chi connectivity index (χ0) is 8.10. The van der Waals surface area contributed by atoms with E-state index in [0.717, 1.165) is 5.03 Å². The predicted octanol–water partition coefficient (Wildman–Crippen LogP) is 0.495. The van der Waals surface area contributed by atoms with Crippen LogP contribution in [-0.2, 0) is 0 Å². The van der Waals surface area contributed by atoms with E-state index in [1.807, 2.05) is 0 Å². The third-order valence-corrected chi connectivity index (χ3v) is 1.79. The number of nitrogens with zero attached hydrogens (tertiary/aromatic N) is 1. The Kier molecular flexibility index (Phi) is 2.75. The minimum atomic E-state index is -0.199. The van der Waals surface area contributed by atoms with Gasteiger partial charge in [-0.15, -0.1) is 6.42 Å². The van der Waals surface area contributed by atoms with Crippen molar-refractivity contribution < 1.29 is 0 Å². The number of nitrogens with one attached hydrogen (secondary N) is 1. The van der Waals surface area contributed by atoms with E-state index < -0.39 is 0 Å². The van der Waals surface area contributed by atoms with Gasteiger partial charge in [-0.3, -0.25) is 4.79 Å². The summed E-state index contributed by atoms with van der Waals surface area (Å²) >= 11 is 1.41. The van der Waals surface area contributed by atoms with E-state index in [1.54, 1.807) is 6.07 Å². The van der Waals surface area contributed by atoms with Gasteiger partial charge in [0.25, 0.3) is 5.56 Å². The van der Waals surface area contributed by atoms with E-state index in [2.05, 4.69) is 16.1 Å². The molecule has 0 fully saturated rings. The molecule has 0 aromatic carbocycles. The van der Waals surface area contributed by atoms with Crippen molar-refractivity contribution in [1.82, 2.24) is 10.2 Å². The largest absolute Gasteiger partial charge is 0.268 e. The normalized spacial score (nSPS) is 9.00. The molecular weight excluding hydrogens is 160 g/mol. The molecule has 1 heterocycles. The van der Waals surface area contributed by atoms with Crippen molar-refractivity contribution in [1.29, 1.82) is 0 Å². The molecular formula is C7H6N2OS. The number of aromatic amines is 1. The molecule has 0 saturated carbocycles. The maximum Gasteiger partial charge on any atom is 0.264 e. The van der Waals surface area contributed by atoms with Gasteiger partial charge >= 0.3 is 0 Å². The lowest BCUT2D eigenvalue weighted by molar-refractivity contribution is 0.900. The summed E-state index contributed by atoms with van der Waals surface area (Å²) in [6, 6.07) is 3.06. The highest BCUT2D eigenvalue weighted by atomic mass is 32.2. The quantitative estimate of drug-likeness (QED) is 0.514. The van der Waals surface area contributed by atoms with Crippen LogP contribution in [0, 0.1) is 12.3 Å². The number of thioether (sulfide) groups is 1. The maximum atomic E-state index is 10.5. The van der Waals surface area contributed by atoms with E-state index in [0.29, 0.717) is 5.75 Å². The summed E-state index contributed by atoms with van der Waals surface area (Å²) in [5.41, 5.74) is -0.199. The molecule has 0 saturated heterocycles. The van der Waals surface area contributed by atoms with Gasteiger partial charge in [0.05, 0.1) is 5.75 Å². The van der Waals surface area contributed by atoms with Crippen molar-refractivity contribution in [2.24, 2.45) is 0 Å². The van der Waals surface area contributed by atoms with E-state index >= 15 is 0 Å². The highest BCUT2D eigenvalue weighted by Crippen LogP contribution is 2.10. The Hall–Kier alpha value is -1.21. The number of hydrogen-bond acceptors (Lipinski definition) is 3. The first kappa shape index (κ1) is 7.89. The van der Waals surface area contributed by atoms with E-state index in [1.165, 1.54) is 17.8 Å². The lowest BCUT2D eigenvalue weighted by Crippen LogP contribution is -2.05. The molecule has 0 amide bonds. The van der Waals surface area contributed by atoms with Crippen LogP contribution in [0.3, 0.4) is 0 Å². The van der Waals surface area contributed by atoms with Crippen LogP contribution in [0.1, 0.15) is 0 Å². The van der Waals surface area contributed by atoms with Crippen LogP contribution in [0.5, 0.6) is 0 Å². The summed E-state index contributed by atoms with van der Waals surface area (Å²) in [5.74, 6) is 3.03. The molecule has 56 valence electrons. The van der Waals surface area contributed by atoms with Crippen LogP contribution in [0.2, 0.25) is 0 Å². The van der Waals surface area contributed by atoms with Crippen molar-refractivity contribution in [2.75, 3.05) is 5.75 Å². The first-order chi connectivity index (χ1) is 5.33. The molecule has 1 rings (SSSR count). The Labute approximate surface area is 68.2 Å². The molecule has 4 heteroatoms. The molecule has 0 unspecified atom stereocenters.